The molecule has 0 aromatic rings. The van der Waals surface area contributed by atoms with Crippen molar-refractivity contribution in [2.45, 2.75) is 19.0 Å². The molecule has 0 saturated heterocycles. The maximum Gasteiger partial charge on any atom is 0.389 e. The standard InChI is InChI=1S/C6H8F3NS/c1-10-5-11-4-2-3-6(7,8)9/h2-5H2. The average Bonchev–Trinajstić information content (AvgIpc) is 1.85. The lowest BCUT2D eigenvalue weighted by atomic mass is 10.3. The minimum Gasteiger partial charge on any atom is -0.305 e. The van der Waals surface area contributed by atoms with Crippen LogP contribution in [0.25, 0.3) is 4.85 Å². The number of alkyl halides is 3. The van der Waals surface area contributed by atoms with Crippen LogP contribution >= 0.6 is 11.8 Å². The van der Waals surface area contributed by atoms with Crippen molar-refractivity contribution in [3.63, 3.8) is 0 Å². The molecule has 5 heteroatoms. The van der Waals surface area contributed by atoms with Gasteiger partial charge in [-0.15, -0.1) is 0 Å². The van der Waals surface area contributed by atoms with Gasteiger partial charge in [0.1, 0.15) is 0 Å². The molecule has 0 N–H and O–H groups in total. The molecular weight excluding hydrogens is 175 g/mol. The second-order valence-electron chi connectivity index (χ2n) is 1.91. The minimum atomic E-state index is -4.04. The summed E-state index contributed by atoms with van der Waals surface area (Å²) in [6, 6.07) is 0. The van der Waals surface area contributed by atoms with Crippen LogP contribution in [0, 0.1) is 6.57 Å². The van der Waals surface area contributed by atoms with E-state index >= 15 is 0 Å². The Morgan fingerprint density at radius 2 is 2.00 bits per heavy atom. The highest BCUT2D eigenvalue weighted by Gasteiger charge is 2.25. The van der Waals surface area contributed by atoms with E-state index in [0.717, 1.165) is 0 Å². The molecule has 0 aliphatic heterocycles. The number of thioether (sulfide) groups is 1. The van der Waals surface area contributed by atoms with E-state index in [1.165, 1.54) is 11.8 Å². The molecule has 11 heavy (non-hydrogen) atoms. The molecule has 0 aromatic heterocycles. The van der Waals surface area contributed by atoms with Gasteiger partial charge >= 0.3 is 6.18 Å². The first kappa shape index (κ1) is 10.6. The average molecular weight is 183 g/mol. The van der Waals surface area contributed by atoms with Crippen LogP contribution in [0.4, 0.5) is 13.2 Å². The first-order valence-electron chi connectivity index (χ1n) is 3.04. The molecule has 0 rings (SSSR count). The van der Waals surface area contributed by atoms with Crippen LogP contribution in [0.5, 0.6) is 0 Å². The number of hydrogen-bond acceptors (Lipinski definition) is 1. The highest BCUT2D eigenvalue weighted by Crippen LogP contribution is 2.22. The van der Waals surface area contributed by atoms with Crippen molar-refractivity contribution in [3.05, 3.63) is 11.4 Å². The van der Waals surface area contributed by atoms with Crippen molar-refractivity contribution < 1.29 is 13.2 Å². The van der Waals surface area contributed by atoms with E-state index in [2.05, 4.69) is 4.85 Å². The van der Waals surface area contributed by atoms with Gasteiger partial charge in [0.15, 0.2) is 0 Å². The van der Waals surface area contributed by atoms with Gasteiger partial charge in [-0.1, -0.05) is 11.8 Å². The number of halogens is 3. The van der Waals surface area contributed by atoms with Gasteiger partial charge in [0.2, 0.25) is 0 Å². The Morgan fingerprint density at radius 1 is 1.36 bits per heavy atom. The molecule has 1 nitrogen and oxygen atoms in total. The number of rotatable bonds is 4. The Kier molecular flexibility index (Phi) is 5.12. The zero-order chi connectivity index (χ0) is 8.74. The molecule has 0 unspecified atom stereocenters. The molecule has 0 spiro atoms. The van der Waals surface area contributed by atoms with Crippen molar-refractivity contribution in [3.8, 4) is 0 Å². The van der Waals surface area contributed by atoms with Crippen LogP contribution in [0.15, 0.2) is 0 Å². The summed E-state index contributed by atoms with van der Waals surface area (Å²) in [4.78, 5) is 3.00. The Morgan fingerprint density at radius 3 is 2.45 bits per heavy atom. The van der Waals surface area contributed by atoms with Gasteiger partial charge in [0.05, 0.1) is 0 Å². The van der Waals surface area contributed by atoms with Gasteiger partial charge in [0.25, 0.3) is 5.88 Å². The molecule has 0 bridgehead atoms. The second kappa shape index (κ2) is 5.30. The fourth-order valence-electron chi connectivity index (χ4n) is 0.485. The summed E-state index contributed by atoms with van der Waals surface area (Å²) < 4.78 is 34.5. The summed E-state index contributed by atoms with van der Waals surface area (Å²) in [5.74, 6) is 0.680. The second-order valence-corrected chi connectivity index (χ2v) is 2.99. The quantitative estimate of drug-likeness (QED) is 0.479. The van der Waals surface area contributed by atoms with Crippen molar-refractivity contribution in [1.29, 1.82) is 0 Å². The topological polar surface area (TPSA) is 4.36 Å². The van der Waals surface area contributed by atoms with E-state index in [-0.39, 0.29) is 12.3 Å². The molecule has 64 valence electrons. The van der Waals surface area contributed by atoms with Gasteiger partial charge in [-0.25, -0.2) is 6.57 Å². The summed E-state index contributed by atoms with van der Waals surface area (Å²) in [5.41, 5.74) is 0. The summed E-state index contributed by atoms with van der Waals surface area (Å²) in [6.07, 6.45) is -4.67. The summed E-state index contributed by atoms with van der Waals surface area (Å²) >= 11 is 1.24. The molecule has 0 amide bonds. The SMILES string of the molecule is [C-]#[N+]CSCCCC(F)(F)F. The van der Waals surface area contributed by atoms with E-state index in [0.29, 0.717) is 5.75 Å². The zero-order valence-corrected chi connectivity index (χ0v) is 6.63. The lowest BCUT2D eigenvalue weighted by molar-refractivity contribution is -0.134. The predicted octanol–water partition coefficient (Wildman–Crippen LogP) is 2.94. The fourth-order valence-corrected chi connectivity index (χ4v) is 1.05. The van der Waals surface area contributed by atoms with Gasteiger partial charge < -0.3 is 4.85 Å². The zero-order valence-electron chi connectivity index (χ0n) is 5.82. The van der Waals surface area contributed by atoms with Gasteiger partial charge in [0, 0.05) is 12.2 Å². The van der Waals surface area contributed by atoms with Crippen molar-refractivity contribution in [2.24, 2.45) is 0 Å². The maximum atomic E-state index is 11.5. The van der Waals surface area contributed by atoms with Crippen LogP contribution in [-0.2, 0) is 0 Å². The molecule has 0 fully saturated rings. The third kappa shape index (κ3) is 9.63. The summed E-state index contributed by atoms with van der Waals surface area (Å²) in [6.45, 7) is 6.34. The molecule has 0 heterocycles. The third-order valence-corrected chi connectivity index (χ3v) is 1.79. The third-order valence-electron chi connectivity index (χ3n) is 0.905. The molecular formula is C6H8F3NS. The van der Waals surface area contributed by atoms with Crippen LogP contribution in [0.1, 0.15) is 12.8 Å². The first-order chi connectivity index (χ1) is 5.06. The van der Waals surface area contributed by atoms with E-state index in [1.54, 1.807) is 0 Å². The molecule has 0 aliphatic rings. The van der Waals surface area contributed by atoms with Gasteiger partial charge in [-0.3, -0.25) is 0 Å². The van der Waals surface area contributed by atoms with E-state index in [1.807, 2.05) is 0 Å². The van der Waals surface area contributed by atoms with Crippen molar-refractivity contribution in [1.82, 2.24) is 0 Å². The van der Waals surface area contributed by atoms with E-state index in [4.69, 9.17) is 6.57 Å². The lowest BCUT2D eigenvalue weighted by Crippen LogP contribution is -2.06. The van der Waals surface area contributed by atoms with Gasteiger partial charge in [-0.05, 0) is 6.42 Å². The normalized spacial score (nSPS) is 11.1. The summed E-state index contributed by atoms with van der Waals surface area (Å²) in [5, 5.41) is 0. The Bertz CT molecular complexity index is 138. The Balaban J connectivity index is 3.10. The Hall–Kier alpha value is -0.370. The molecule has 0 atom stereocenters. The van der Waals surface area contributed by atoms with Crippen LogP contribution < -0.4 is 0 Å². The number of hydrogen-bond donors (Lipinski definition) is 0. The van der Waals surface area contributed by atoms with Crippen molar-refractivity contribution in [2.75, 3.05) is 11.6 Å². The van der Waals surface area contributed by atoms with E-state index < -0.39 is 12.6 Å². The molecule has 0 aliphatic carbocycles. The lowest BCUT2D eigenvalue weighted by Gasteiger charge is -2.03. The van der Waals surface area contributed by atoms with Gasteiger partial charge in [-0.2, -0.15) is 13.2 Å². The monoisotopic (exact) mass is 183 g/mol. The molecule has 0 radical (unpaired) electrons. The van der Waals surface area contributed by atoms with E-state index in [9.17, 15) is 13.2 Å². The minimum absolute atomic E-state index is 0.115. The first-order valence-corrected chi connectivity index (χ1v) is 4.19. The fraction of sp³-hybridized carbons (Fsp3) is 0.833. The van der Waals surface area contributed by atoms with Crippen LogP contribution in [0.2, 0.25) is 0 Å². The Labute approximate surface area is 67.8 Å². The van der Waals surface area contributed by atoms with Crippen LogP contribution in [-0.4, -0.2) is 17.8 Å². The number of nitrogens with zero attached hydrogens (tertiary/aromatic N) is 1. The van der Waals surface area contributed by atoms with Crippen molar-refractivity contribution >= 4 is 11.8 Å². The molecule has 0 aromatic carbocycles. The predicted molar refractivity (Wildman–Crippen MR) is 39.2 cm³/mol. The molecule has 0 saturated carbocycles. The smallest absolute Gasteiger partial charge is 0.305 e. The highest BCUT2D eigenvalue weighted by molar-refractivity contribution is 7.99. The highest BCUT2D eigenvalue weighted by atomic mass is 32.2. The summed E-state index contributed by atoms with van der Waals surface area (Å²) in [7, 11) is 0. The largest absolute Gasteiger partial charge is 0.389 e. The van der Waals surface area contributed by atoms with Crippen LogP contribution in [0.3, 0.4) is 0 Å². The maximum absolute atomic E-state index is 11.5.